The molecule has 0 bridgehead atoms. The van der Waals surface area contributed by atoms with Crippen LogP contribution < -0.4 is 0 Å². The minimum Gasteiger partial charge on any atom is -0.481 e. The van der Waals surface area contributed by atoms with Gasteiger partial charge in [0.2, 0.25) is 0 Å². The van der Waals surface area contributed by atoms with E-state index in [0.717, 1.165) is 37.0 Å². The Morgan fingerprint density at radius 2 is 2.17 bits per heavy atom. The Hall–Kier alpha value is -1.92. The zero-order chi connectivity index (χ0) is 17.3. The van der Waals surface area contributed by atoms with Gasteiger partial charge < -0.3 is 14.6 Å². The van der Waals surface area contributed by atoms with Crippen molar-refractivity contribution in [2.24, 2.45) is 13.0 Å². The van der Waals surface area contributed by atoms with Crippen LogP contribution in [-0.2, 0) is 18.4 Å². The number of pyridine rings is 1. The van der Waals surface area contributed by atoms with Crippen LogP contribution in [0.15, 0.2) is 24.5 Å². The lowest BCUT2D eigenvalue weighted by molar-refractivity contribution is -0.142. The third-order valence-corrected chi connectivity index (χ3v) is 5.09. The number of carbonyl (C=O) groups is 1. The average Bonchev–Trinajstić information content (AvgIpc) is 2.72. The van der Waals surface area contributed by atoms with Crippen LogP contribution in [0.1, 0.15) is 18.4 Å². The topological polar surface area (TPSA) is 61.6 Å². The van der Waals surface area contributed by atoms with E-state index in [-0.39, 0.29) is 5.92 Å². The Morgan fingerprint density at radius 3 is 2.88 bits per heavy atom. The normalized spacial score (nSPS) is 22.8. The van der Waals surface area contributed by atoms with Crippen LogP contribution in [0.5, 0.6) is 0 Å². The molecule has 130 valence electrons. The van der Waals surface area contributed by atoms with Crippen LogP contribution in [0.2, 0.25) is 0 Å². The highest BCUT2D eigenvalue weighted by Gasteiger charge is 2.29. The van der Waals surface area contributed by atoms with Crippen molar-refractivity contribution in [3.63, 3.8) is 0 Å². The van der Waals surface area contributed by atoms with E-state index in [4.69, 9.17) is 0 Å². The zero-order valence-electron chi connectivity index (χ0n) is 14.6. The Morgan fingerprint density at radius 1 is 1.38 bits per heavy atom. The van der Waals surface area contributed by atoms with Crippen molar-refractivity contribution >= 4 is 17.0 Å². The smallest absolute Gasteiger partial charge is 0.307 e. The van der Waals surface area contributed by atoms with E-state index in [1.165, 1.54) is 5.56 Å². The molecular weight excluding hydrogens is 304 g/mol. The van der Waals surface area contributed by atoms with E-state index < -0.39 is 5.97 Å². The maximum Gasteiger partial charge on any atom is 0.307 e. The molecule has 2 aromatic rings. The van der Waals surface area contributed by atoms with E-state index in [9.17, 15) is 9.90 Å². The van der Waals surface area contributed by atoms with E-state index in [2.05, 4.69) is 41.1 Å². The lowest BCUT2D eigenvalue weighted by atomic mass is 10.0. The van der Waals surface area contributed by atoms with Crippen LogP contribution in [0.4, 0.5) is 0 Å². The second kappa shape index (κ2) is 6.91. The molecule has 0 radical (unpaired) electrons. The van der Waals surface area contributed by atoms with Gasteiger partial charge >= 0.3 is 5.97 Å². The molecular formula is C18H26N4O2. The van der Waals surface area contributed by atoms with Gasteiger partial charge in [0.15, 0.2) is 0 Å². The molecule has 2 aromatic heterocycles. The van der Waals surface area contributed by atoms with Gasteiger partial charge in [-0.25, -0.2) is 4.98 Å². The first-order chi connectivity index (χ1) is 11.5. The summed E-state index contributed by atoms with van der Waals surface area (Å²) in [6.07, 6.45) is 5.59. The number of aromatic nitrogens is 2. The summed E-state index contributed by atoms with van der Waals surface area (Å²) in [5, 5.41) is 10.6. The van der Waals surface area contributed by atoms with E-state index in [1.54, 1.807) is 6.20 Å². The molecule has 3 rings (SSSR count). The first-order valence-electron chi connectivity index (χ1n) is 8.46. The predicted octanol–water partition coefficient (Wildman–Crippen LogP) is 1.80. The molecule has 0 aliphatic carbocycles. The molecule has 1 aliphatic rings. The monoisotopic (exact) mass is 330 g/mol. The van der Waals surface area contributed by atoms with E-state index in [1.807, 2.05) is 17.7 Å². The number of rotatable bonds is 4. The molecule has 3 heterocycles. The largest absolute Gasteiger partial charge is 0.481 e. The third-order valence-electron chi connectivity index (χ3n) is 5.09. The molecule has 1 saturated heterocycles. The van der Waals surface area contributed by atoms with Crippen LogP contribution in [0.3, 0.4) is 0 Å². The maximum absolute atomic E-state index is 11.5. The number of hydrogen-bond donors (Lipinski definition) is 1. The summed E-state index contributed by atoms with van der Waals surface area (Å²) in [6.45, 7) is 2.26. The van der Waals surface area contributed by atoms with Gasteiger partial charge in [0.25, 0.3) is 0 Å². The molecule has 24 heavy (non-hydrogen) atoms. The standard InChI is InChI=1S/C18H26N4O2/c1-20(2)15-7-6-13(18(23)24)10-22(12-15)11-14-9-21(3)17-16(14)5-4-8-19-17/h4-5,8-9,13,15H,6-7,10-12H2,1-3H3,(H,23,24)/t13-,15+/m0/s1. The van der Waals surface area contributed by atoms with Gasteiger partial charge in [-0.05, 0) is 44.6 Å². The highest BCUT2D eigenvalue weighted by molar-refractivity contribution is 5.80. The molecule has 0 amide bonds. The number of hydrogen-bond acceptors (Lipinski definition) is 4. The second-order valence-electron chi connectivity index (χ2n) is 7.06. The molecule has 0 spiro atoms. The van der Waals surface area contributed by atoms with Crippen LogP contribution in [0, 0.1) is 5.92 Å². The van der Waals surface area contributed by atoms with Crippen molar-refractivity contribution in [1.29, 1.82) is 0 Å². The molecule has 0 saturated carbocycles. The average molecular weight is 330 g/mol. The Labute approximate surface area is 142 Å². The quantitative estimate of drug-likeness (QED) is 0.926. The van der Waals surface area contributed by atoms with Gasteiger partial charge in [-0.1, -0.05) is 0 Å². The molecule has 0 unspecified atom stereocenters. The molecule has 6 heteroatoms. The molecule has 1 aliphatic heterocycles. The summed E-state index contributed by atoms with van der Waals surface area (Å²) >= 11 is 0. The van der Waals surface area contributed by atoms with Gasteiger partial charge in [0, 0.05) is 50.5 Å². The van der Waals surface area contributed by atoms with Gasteiger partial charge in [0.1, 0.15) is 5.65 Å². The number of likely N-dealkylation sites (N-methyl/N-ethyl adjacent to an activating group) is 1. The number of carboxylic acid groups (broad SMARTS) is 1. The highest BCUT2D eigenvalue weighted by Crippen LogP contribution is 2.24. The number of carboxylic acids is 1. The summed E-state index contributed by atoms with van der Waals surface area (Å²) in [6, 6.07) is 4.44. The number of likely N-dealkylation sites (tertiary alicyclic amines) is 1. The minimum atomic E-state index is -0.681. The summed E-state index contributed by atoms with van der Waals surface area (Å²) in [7, 11) is 6.15. The van der Waals surface area contributed by atoms with Crippen molar-refractivity contribution in [2.75, 3.05) is 27.2 Å². The number of nitrogens with zero attached hydrogens (tertiary/aromatic N) is 4. The number of aliphatic carboxylic acids is 1. The van der Waals surface area contributed by atoms with Gasteiger partial charge in [-0.3, -0.25) is 9.69 Å². The Kier molecular flexibility index (Phi) is 4.87. The lowest BCUT2D eigenvalue weighted by Crippen LogP contribution is -2.39. The predicted molar refractivity (Wildman–Crippen MR) is 93.8 cm³/mol. The van der Waals surface area contributed by atoms with Gasteiger partial charge in [-0.15, -0.1) is 0 Å². The first kappa shape index (κ1) is 16.9. The summed E-state index contributed by atoms with van der Waals surface area (Å²) in [5.41, 5.74) is 2.19. The fourth-order valence-electron chi connectivity index (χ4n) is 3.67. The Bertz CT molecular complexity index is 725. The molecule has 1 N–H and O–H groups in total. The fraction of sp³-hybridized carbons (Fsp3) is 0.556. The van der Waals surface area contributed by atoms with Crippen molar-refractivity contribution in [3.05, 3.63) is 30.1 Å². The summed E-state index contributed by atoms with van der Waals surface area (Å²) < 4.78 is 2.04. The van der Waals surface area contributed by atoms with Crippen molar-refractivity contribution in [2.45, 2.75) is 25.4 Å². The third kappa shape index (κ3) is 3.44. The van der Waals surface area contributed by atoms with Crippen molar-refractivity contribution in [3.8, 4) is 0 Å². The highest BCUT2D eigenvalue weighted by atomic mass is 16.4. The van der Waals surface area contributed by atoms with Crippen LogP contribution in [-0.4, -0.2) is 63.7 Å². The van der Waals surface area contributed by atoms with Gasteiger partial charge in [-0.2, -0.15) is 0 Å². The summed E-state index contributed by atoms with van der Waals surface area (Å²) in [4.78, 5) is 20.5. The Balaban J connectivity index is 1.86. The summed E-state index contributed by atoms with van der Waals surface area (Å²) in [5.74, 6) is -0.970. The molecule has 2 atom stereocenters. The molecule has 0 aromatic carbocycles. The van der Waals surface area contributed by atoms with Crippen LogP contribution >= 0.6 is 0 Å². The van der Waals surface area contributed by atoms with Gasteiger partial charge in [0.05, 0.1) is 5.92 Å². The van der Waals surface area contributed by atoms with Crippen molar-refractivity contribution in [1.82, 2.24) is 19.4 Å². The molecule has 1 fully saturated rings. The van der Waals surface area contributed by atoms with Crippen LogP contribution in [0.25, 0.3) is 11.0 Å². The SMILES string of the molecule is CN(C)[C@@H]1CC[C@H](C(=O)O)CN(Cc2cn(C)c3ncccc23)C1. The minimum absolute atomic E-state index is 0.289. The second-order valence-corrected chi connectivity index (χ2v) is 7.06. The lowest BCUT2D eigenvalue weighted by Gasteiger charge is -2.28. The molecule has 6 nitrogen and oxygen atoms in total. The zero-order valence-corrected chi connectivity index (χ0v) is 14.6. The van der Waals surface area contributed by atoms with E-state index >= 15 is 0 Å². The van der Waals surface area contributed by atoms with E-state index in [0.29, 0.717) is 12.6 Å². The maximum atomic E-state index is 11.5. The number of fused-ring (bicyclic) bond motifs is 1. The number of aryl methyl sites for hydroxylation is 1. The van der Waals surface area contributed by atoms with Crippen molar-refractivity contribution < 1.29 is 9.90 Å². The first-order valence-corrected chi connectivity index (χ1v) is 8.46. The fourth-order valence-corrected chi connectivity index (χ4v) is 3.67.